The summed E-state index contributed by atoms with van der Waals surface area (Å²) in [5.41, 5.74) is 3.26. The standard InChI is InChI=1S/C24H44OSi/c1-7-8-9-10-11-12-13-14-15-16-17-18-19-20-21-22-23-25-26(5,6)24(2,3)4/h13-14,16-17,19,21H,7-12,15,18,22-23H2,1-6H3. The summed E-state index contributed by atoms with van der Waals surface area (Å²) in [4.78, 5) is 0. The third-order valence-electron chi connectivity index (χ3n) is 5.10. The van der Waals surface area contributed by atoms with Crippen LogP contribution in [-0.2, 0) is 4.43 Å². The molecule has 0 aromatic heterocycles. The Labute approximate surface area is 165 Å². The van der Waals surface area contributed by atoms with Crippen LogP contribution in [0.5, 0.6) is 0 Å². The topological polar surface area (TPSA) is 9.23 Å². The van der Waals surface area contributed by atoms with Crippen LogP contribution < -0.4 is 0 Å². The molecule has 0 bridgehead atoms. The van der Waals surface area contributed by atoms with Gasteiger partial charge in [0, 0.05) is 6.61 Å². The van der Waals surface area contributed by atoms with Crippen LogP contribution in [0.4, 0.5) is 0 Å². The highest BCUT2D eigenvalue weighted by Gasteiger charge is 2.36. The number of hydrogen-bond donors (Lipinski definition) is 0. The Hall–Kier alpha value is -0.823. The van der Waals surface area contributed by atoms with Crippen molar-refractivity contribution in [2.75, 3.05) is 6.61 Å². The zero-order valence-corrected chi connectivity index (χ0v) is 19.4. The highest BCUT2D eigenvalue weighted by atomic mass is 28.4. The summed E-state index contributed by atoms with van der Waals surface area (Å²) in [7, 11) is -1.59. The normalized spacial score (nSPS) is 12.7. The van der Waals surface area contributed by atoms with Gasteiger partial charge in [-0.3, -0.25) is 0 Å². The molecule has 0 unspecified atom stereocenters. The van der Waals surface area contributed by atoms with Gasteiger partial charge in [-0.05, 0) is 62.4 Å². The molecular weight excluding hydrogens is 332 g/mol. The maximum atomic E-state index is 6.15. The fourth-order valence-electron chi connectivity index (χ4n) is 2.24. The molecule has 0 aromatic rings. The minimum Gasteiger partial charge on any atom is -0.416 e. The third-order valence-corrected chi connectivity index (χ3v) is 9.64. The van der Waals surface area contributed by atoms with Crippen molar-refractivity contribution in [3.05, 3.63) is 42.2 Å². The van der Waals surface area contributed by atoms with Gasteiger partial charge in [0.05, 0.1) is 0 Å². The summed E-state index contributed by atoms with van der Waals surface area (Å²) in [5, 5.41) is 0.293. The number of unbranched alkanes of at least 4 members (excludes halogenated alkanes) is 5. The van der Waals surface area contributed by atoms with Crippen LogP contribution in [0.25, 0.3) is 0 Å². The van der Waals surface area contributed by atoms with Crippen LogP contribution in [-0.4, -0.2) is 14.9 Å². The van der Waals surface area contributed by atoms with Crippen LogP contribution in [0.3, 0.4) is 0 Å². The molecule has 0 saturated heterocycles. The average Bonchev–Trinajstić information content (AvgIpc) is 2.56. The van der Waals surface area contributed by atoms with E-state index in [0.29, 0.717) is 5.04 Å². The molecule has 150 valence electrons. The molecule has 0 aliphatic rings. The van der Waals surface area contributed by atoms with Gasteiger partial charge in [-0.15, -0.1) is 5.73 Å². The Bertz CT molecular complexity index is 445. The van der Waals surface area contributed by atoms with Gasteiger partial charge in [0.2, 0.25) is 0 Å². The van der Waals surface area contributed by atoms with Crippen molar-refractivity contribution in [2.45, 2.75) is 104 Å². The molecule has 0 N–H and O–H groups in total. The van der Waals surface area contributed by atoms with Gasteiger partial charge in [-0.1, -0.05) is 77.7 Å². The number of allylic oxidation sites excluding steroid dienone is 4. The van der Waals surface area contributed by atoms with E-state index < -0.39 is 8.32 Å². The monoisotopic (exact) mass is 376 g/mol. The Morgan fingerprint density at radius 1 is 0.808 bits per heavy atom. The van der Waals surface area contributed by atoms with Gasteiger partial charge in [0.1, 0.15) is 0 Å². The number of rotatable bonds is 14. The van der Waals surface area contributed by atoms with E-state index >= 15 is 0 Å². The van der Waals surface area contributed by atoms with Gasteiger partial charge < -0.3 is 4.43 Å². The lowest BCUT2D eigenvalue weighted by Crippen LogP contribution is -2.40. The minimum atomic E-state index is -1.59. The van der Waals surface area contributed by atoms with Gasteiger partial charge in [0.15, 0.2) is 8.32 Å². The summed E-state index contributed by atoms with van der Waals surface area (Å²) >= 11 is 0. The summed E-state index contributed by atoms with van der Waals surface area (Å²) in [6.45, 7) is 14.5. The van der Waals surface area contributed by atoms with Gasteiger partial charge in [0.25, 0.3) is 0 Å². The minimum absolute atomic E-state index is 0.293. The highest BCUT2D eigenvalue weighted by Crippen LogP contribution is 2.36. The molecule has 1 nitrogen and oxygen atoms in total. The molecule has 26 heavy (non-hydrogen) atoms. The zero-order valence-electron chi connectivity index (χ0n) is 18.4. The van der Waals surface area contributed by atoms with Crippen LogP contribution in [0, 0.1) is 0 Å². The summed E-state index contributed by atoms with van der Waals surface area (Å²) in [5.74, 6) is 0. The van der Waals surface area contributed by atoms with E-state index in [1.807, 2.05) is 0 Å². The largest absolute Gasteiger partial charge is 0.416 e. The van der Waals surface area contributed by atoms with Crippen molar-refractivity contribution in [1.29, 1.82) is 0 Å². The summed E-state index contributed by atoms with van der Waals surface area (Å²) in [6, 6.07) is 0. The lowest BCUT2D eigenvalue weighted by Gasteiger charge is -2.36. The first-order chi connectivity index (χ1) is 12.3. The maximum absolute atomic E-state index is 6.15. The van der Waals surface area contributed by atoms with Crippen LogP contribution in [0.2, 0.25) is 18.1 Å². The molecule has 0 aliphatic carbocycles. The SMILES string of the molecule is CCCCCCCC=CCC=CCC=C=CCCO[Si](C)(C)C(C)(C)C. The van der Waals surface area contributed by atoms with Crippen LogP contribution >= 0.6 is 0 Å². The molecule has 0 amide bonds. The fraction of sp³-hybridized carbons (Fsp3) is 0.708. The molecule has 0 aromatic carbocycles. The molecule has 0 atom stereocenters. The van der Waals surface area contributed by atoms with Crippen molar-refractivity contribution >= 4 is 8.32 Å². The Kier molecular flexibility index (Phi) is 14.8. The second-order valence-electron chi connectivity index (χ2n) is 8.59. The van der Waals surface area contributed by atoms with Crippen molar-refractivity contribution in [2.24, 2.45) is 0 Å². The van der Waals surface area contributed by atoms with Gasteiger partial charge >= 0.3 is 0 Å². The highest BCUT2D eigenvalue weighted by molar-refractivity contribution is 6.74. The first-order valence-corrected chi connectivity index (χ1v) is 13.6. The van der Waals surface area contributed by atoms with Gasteiger partial charge in [-0.25, -0.2) is 0 Å². The van der Waals surface area contributed by atoms with E-state index in [-0.39, 0.29) is 0 Å². The lowest BCUT2D eigenvalue weighted by atomic mass is 10.1. The third kappa shape index (κ3) is 14.4. The van der Waals surface area contributed by atoms with E-state index in [1.165, 1.54) is 38.5 Å². The smallest absolute Gasteiger partial charge is 0.191 e. The van der Waals surface area contributed by atoms with Crippen LogP contribution in [0.15, 0.2) is 42.2 Å². The second-order valence-corrected chi connectivity index (χ2v) is 13.4. The van der Waals surface area contributed by atoms with E-state index in [4.69, 9.17) is 4.43 Å². The molecule has 2 heteroatoms. The van der Waals surface area contributed by atoms with Crippen molar-refractivity contribution in [3.63, 3.8) is 0 Å². The van der Waals surface area contributed by atoms with Crippen LogP contribution in [0.1, 0.15) is 85.5 Å². The molecule has 0 saturated carbocycles. The number of hydrogen-bond acceptors (Lipinski definition) is 1. The molecule has 0 heterocycles. The molecule has 0 radical (unpaired) electrons. The Morgan fingerprint density at radius 3 is 2.15 bits per heavy atom. The Morgan fingerprint density at radius 2 is 1.46 bits per heavy atom. The van der Waals surface area contributed by atoms with E-state index in [2.05, 4.69) is 83.0 Å². The van der Waals surface area contributed by atoms with E-state index in [0.717, 1.165) is 25.9 Å². The summed E-state index contributed by atoms with van der Waals surface area (Å²) < 4.78 is 6.15. The Balaban J connectivity index is 3.67. The molecular formula is C24H44OSi. The van der Waals surface area contributed by atoms with E-state index in [1.54, 1.807) is 0 Å². The first-order valence-electron chi connectivity index (χ1n) is 10.6. The van der Waals surface area contributed by atoms with Gasteiger partial charge in [-0.2, -0.15) is 0 Å². The quantitative estimate of drug-likeness (QED) is 0.128. The van der Waals surface area contributed by atoms with E-state index in [9.17, 15) is 0 Å². The molecule has 0 aliphatic heterocycles. The lowest BCUT2D eigenvalue weighted by molar-refractivity contribution is 0.294. The predicted octanol–water partition coefficient (Wildman–Crippen LogP) is 8.36. The molecule has 0 rings (SSSR count). The molecule has 0 fully saturated rings. The average molecular weight is 377 g/mol. The van der Waals surface area contributed by atoms with Crippen molar-refractivity contribution < 1.29 is 4.43 Å². The summed E-state index contributed by atoms with van der Waals surface area (Å²) in [6.07, 6.45) is 24.3. The van der Waals surface area contributed by atoms with Crippen molar-refractivity contribution in [1.82, 2.24) is 0 Å². The first kappa shape index (κ1) is 25.2. The maximum Gasteiger partial charge on any atom is 0.191 e. The molecule has 0 spiro atoms. The predicted molar refractivity (Wildman–Crippen MR) is 121 cm³/mol. The zero-order chi connectivity index (χ0) is 19.7. The fourth-order valence-corrected chi connectivity index (χ4v) is 3.30. The second kappa shape index (κ2) is 15.3. The van der Waals surface area contributed by atoms with Crippen molar-refractivity contribution in [3.8, 4) is 0 Å².